The SMILES string of the molecule is CC(N)(CO)c1cc(Br)ccn1. The van der Waals surface area contributed by atoms with Gasteiger partial charge in [-0.25, -0.2) is 0 Å². The average molecular weight is 231 g/mol. The van der Waals surface area contributed by atoms with Crippen molar-refractivity contribution < 1.29 is 5.11 Å². The molecule has 0 bridgehead atoms. The maximum absolute atomic E-state index is 8.96. The Labute approximate surface area is 79.7 Å². The molecule has 1 unspecified atom stereocenters. The van der Waals surface area contributed by atoms with Gasteiger partial charge in [-0.15, -0.1) is 0 Å². The minimum absolute atomic E-state index is 0.115. The lowest BCUT2D eigenvalue weighted by Crippen LogP contribution is -2.37. The van der Waals surface area contributed by atoms with Crippen LogP contribution in [0.4, 0.5) is 0 Å². The zero-order valence-electron chi connectivity index (χ0n) is 6.79. The van der Waals surface area contributed by atoms with Crippen molar-refractivity contribution in [2.24, 2.45) is 5.73 Å². The molecule has 3 nitrogen and oxygen atoms in total. The summed E-state index contributed by atoms with van der Waals surface area (Å²) in [4.78, 5) is 4.07. The van der Waals surface area contributed by atoms with E-state index in [1.165, 1.54) is 0 Å². The molecule has 66 valence electrons. The molecule has 1 aromatic rings. The number of aliphatic hydroxyl groups is 1. The minimum atomic E-state index is -0.760. The predicted octanol–water partition coefficient (Wildman–Crippen LogP) is 1.01. The molecule has 12 heavy (non-hydrogen) atoms. The number of nitrogens with two attached hydrogens (primary N) is 1. The van der Waals surface area contributed by atoms with Gasteiger partial charge in [-0.3, -0.25) is 4.98 Å². The van der Waals surface area contributed by atoms with Gasteiger partial charge in [-0.05, 0) is 19.1 Å². The van der Waals surface area contributed by atoms with Gasteiger partial charge in [0.2, 0.25) is 0 Å². The standard InChI is InChI=1S/C8H11BrN2O/c1-8(10,5-12)7-4-6(9)2-3-11-7/h2-4,12H,5,10H2,1H3. The highest BCUT2D eigenvalue weighted by Crippen LogP contribution is 2.18. The van der Waals surface area contributed by atoms with Crippen LogP contribution in [-0.2, 0) is 5.54 Å². The Hall–Kier alpha value is -0.450. The highest BCUT2D eigenvalue weighted by Gasteiger charge is 2.21. The molecule has 0 amide bonds. The number of aromatic nitrogens is 1. The second-order valence-corrected chi connectivity index (χ2v) is 3.85. The number of rotatable bonds is 2. The lowest BCUT2D eigenvalue weighted by atomic mass is 10.0. The molecule has 0 radical (unpaired) electrons. The summed E-state index contributed by atoms with van der Waals surface area (Å²) in [5, 5.41) is 8.96. The highest BCUT2D eigenvalue weighted by atomic mass is 79.9. The van der Waals surface area contributed by atoms with Crippen LogP contribution in [0.15, 0.2) is 22.8 Å². The molecule has 0 saturated heterocycles. The number of halogens is 1. The summed E-state index contributed by atoms with van der Waals surface area (Å²) in [5.41, 5.74) is 5.69. The van der Waals surface area contributed by atoms with E-state index in [-0.39, 0.29) is 6.61 Å². The Morgan fingerprint density at radius 3 is 2.92 bits per heavy atom. The van der Waals surface area contributed by atoms with E-state index >= 15 is 0 Å². The van der Waals surface area contributed by atoms with Gasteiger partial charge in [0, 0.05) is 10.7 Å². The fourth-order valence-electron chi connectivity index (χ4n) is 0.798. The number of nitrogens with zero attached hydrogens (tertiary/aromatic N) is 1. The van der Waals surface area contributed by atoms with E-state index in [2.05, 4.69) is 20.9 Å². The van der Waals surface area contributed by atoms with Crippen molar-refractivity contribution in [3.8, 4) is 0 Å². The van der Waals surface area contributed by atoms with Crippen LogP contribution in [-0.4, -0.2) is 16.7 Å². The zero-order valence-corrected chi connectivity index (χ0v) is 8.37. The molecule has 0 aromatic carbocycles. The van der Waals surface area contributed by atoms with Crippen LogP contribution in [0.1, 0.15) is 12.6 Å². The smallest absolute Gasteiger partial charge is 0.0789 e. The summed E-state index contributed by atoms with van der Waals surface area (Å²) in [6, 6.07) is 3.62. The first kappa shape index (κ1) is 9.64. The number of hydrogen-bond acceptors (Lipinski definition) is 3. The fraction of sp³-hybridized carbons (Fsp3) is 0.375. The molecule has 0 aliphatic rings. The van der Waals surface area contributed by atoms with Crippen LogP contribution in [0.25, 0.3) is 0 Å². The summed E-state index contributed by atoms with van der Waals surface area (Å²) in [6.07, 6.45) is 1.65. The maximum atomic E-state index is 8.96. The summed E-state index contributed by atoms with van der Waals surface area (Å²) in [5.74, 6) is 0. The van der Waals surface area contributed by atoms with Crippen molar-refractivity contribution in [3.63, 3.8) is 0 Å². The summed E-state index contributed by atoms with van der Waals surface area (Å²) in [7, 11) is 0. The molecule has 0 fully saturated rings. The third-order valence-electron chi connectivity index (χ3n) is 1.64. The zero-order chi connectivity index (χ0) is 9.19. The first-order valence-corrected chi connectivity index (χ1v) is 4.37. The van der Waals surface area contributed by atoms with Crippen LogP contribution >= 0.6 is 15.9 Å². The largest absolute Gasteiger partial charge is 0.394 e. The van der Waals surface area contributed by atoms with E-state index in [1.54, 1.807) is 19.2 Å². The normalized spacial score (nSPS) is 15.7. The Bertz CT molecular complexity index is 276. The summed E-state index contributed by atoms with van der Waals surface area (Å²) < 4.78 is 0.914. The van der Waals surface area contributed by atoms with E-state index in [9.17, 15) is 0 Å². The number of hydrogen-bond donors (Lipinski definition) is 2. The monoisotopic (exact) mass is 230 g/mol. The molecule has 1 rings (SSSR count). The van der Waals surface area contributed by atoms with E-state index in [4.69, 9.17) is 10.8 Å². The Kier molecular flexibility index (Phi) is 2.82. The molecule has 0 spiro atoms. The first-order chi connectivity index (χ1) is 5.56. The number of aliphatic hydroxyl groups excluding tert-OH is 1. The van der Waals surface area contributed by atoms with Gasteiger partial charge < -0.3 is 10.8 Å². The second-order valence-electron chi connectivity index (χ2n) is 2.93. The van der Waals surface area contributed by atoms with Crippen molar-refractivity contribution in [2.75, 3.05) is 6.61 Å². The van der Waals surface area contributed by atoms with Crippen LogP contribution in [0.3, 0.4) is 0 Å². The Morgan fingerprint density at radius 1 is 1.75 bits per heavy atom. The van der Waals surface area contributed by atoms with Crippen molar-refractivity contribution >= 4 is 15.9 Å². The quantitative estimate of drug-likeness (QED) is 0.798. The lowest BCUT2D eigenvalue weighted by molar-refractivity contribution is 0.206. The van der Waals surface area contributed by atoms with Crippen molar-refractivity contribution in [2.45, 2.75) is 12.5 Å². The molecule has 1 aromatic heterocycles. The van der Waals surface area contributed by atoms with E-state index in [0.717, 1.165) is 4.47 Å². The van der Waals surface area contributed by atoms with Crippen LogP contribution in [0.5, 0.6) is 0 Å². The molecule has 0 saturated carbocycles. The average Bonchev–Trinajstić information content (AvgIpc) is 2.05. The maximum Gasteiger partial charge on any atom is 0.0789 e. The molecule has 3 N–H and O–H groups in total. The second kappa shape index (κ2) is 3.51. The topological polar surface area (TPSA) is 59.1 Å². The van der Waals surface area contributed by atoms with Crippen molar-refractivity contribution in [3.05, 3.63) is 28.5 Å². The van der Waals surface area contributed by atoms with Gasteiger partial charge in [-0.1, -0.05) is 15.9 Å². The summed E-state index contributed by atoms with van der Waals surface area (Å²) in [6.45, 7) is 1.62. The summed E-state index contributed by atoms with van der Waals surface area (Å²) >= 11 is 3.31. The lowest BCUT2D eigenvalue weighted by Gasteiger charge is -2.20. The predicted molar refractivity (Wildman–Crippen MR) is 50.6 cm³/mol. The molecular weight excluding hydrogens is 220 g/mol. The Balaban J connectivity index is 3.03. The Morgan fingerprint density at radius 2 is 2.42 bits per heavy atom. The van der Waals surface area contributed by atoms with Gasteiger partial charge in [0.25, 0.3) is 0 Å². The minimum Gasteiger partial charge on any atom is -0.394 e. The van der Waals surface area contributed by atoms with E-state index in [0.29, 0.717) is 5.69 Å². The fourth-order valence-corrected chi connectivity index (χ4v) is 1.13. The van der Waals surface area contributed by atoms with Gasteiger partial charge in [-0.2, -0.15) is 0 Å². The van der Waals surface area contributed by atoms with Crippen molar-refractivity contribution in [1.29, 1.82) is 0 Å². The van der Waals surface area contributed by atoms with Crippen LogP contribution < -0.4 is 5.73 Å². The van der Waals surface area contributed by atoms with Gasteiger partial charge in [0.05, 0.1) is 17.8 Å². The molecular formula is C8H11BrN2O. The van der Waals surface area contributed by atoms with Crippen molar-refractivity contribution in [1.82, 2.24) is 4.98 Å². The van der Waals surface area contributed by atoms with Gasteiger partial charge in [0.1, 0.15) is 0 Å². The molecule has 0 aliphatic carbocycles. The van der Waals surface area contributed by atoms with E-state index in [1.807, 2.05) is 6.07 Å². The van der Waals surface area contributed by atoms with Crippen LogP contribution in [0.2, 0.25) is 0 Å². The molecule has 4 heteroatoms. The van der Waals surface area contributed by atoms with Gasteiger partial charge >= 0.3 is 0 Å². The number of pyridine rings is 1. The van der Waals surface area contributed by atoms with Gasteiger partial charge in [0.15, 0.2) is 0 Å². The molecule has 0 aliphatic heterocycles. The van der Waals surface area contributed by atoms with Crippen LogP contribution in [0, 0.1) is 0 Å². The van der Waals surface area contributed by atoms with E-state index < -0.39 is 5.54 Å². The molecule has 1 atom stereocenters. The third-order valence-corrected chi connectivity index (χ3v) is 2.13. The highest BCUT2D eigenvalue weighted by molar-refractivity contribution is 9.10. The first-order valence-electron chi connectivity index (χ1n) is 3.58. The molecule has 1 heterocycles. The third kappa shape index (κ3) is 2.03.